The standard InChI is InChI=1S/C22H27N5O3/c1-4-27-21(28)14-19(22(27)29)25-9-11-26(12-10-25)20-13-18(23-15(2)24-20)16-5-7-17(30-3)8-6-16/h5-8,13,19H,4,9-12,14H2,1-3H3/t19-/m1/s1. The van der Waals surface area contributed by atoms with Crippen LogP contribution in [-0.4, -0.2) is 77.5 Å². The van der Waals surface area contributed by atoms with Crippen LogP contribution < -0.4 is 9.64 Å². The molecule has 2 aromatic rings. The van der Waals surface area contributed by atoms with Gasteiger partial charge < -0.3 is 9.64 Å². The van der Waals surface area contributed by atoms with E-state index in [1.165, 1.54) is 4.90 Å². The number of piperazine rings is 1. The number of nitrogens with zero attached hydrogens (tertiary/aromatic N) is 5. The number of carbonyl (C=O) groups is 2. The van der Waals surface area contributed by atoms with Crippen LogP contribution in [0.1, 0.15) is 19.2 Å². The summed E-state index contributed by atoms with van der Waals surface area (Å²) >= 11 is 0. The van der Waals surface area contributed by atoms with E-state index in [4.69, 9.17) is 4.74 Å². The van der Waals surface area contributed by atoms with Crippen LogP contribution in [0.5, 0.6) is 5.75 Å². The van der Waals surface area contributed by atoms with E-state index in [0.717, 1.165) is 54.8 Å². The molecule has 0 unspecified atom stereocenters. The molecule has 2 saturated heterocycles. The predicted molar refractivity (Wildman–Crippen MR) is 113 cm³/mol. The second-order valence-corrected chi connectivity index (χ2v) is 7.61. The number of aromatic nitrogens is 2. The molecule has 0 N–H and O–H groups in total. The van der Waals surface area contributed by atoms with E-state index >= 15 is 0 Å². The minimum Gasteiger partial charge on any atom is -0.497 e. The molecule has 158 valence electrons. The lowest BCUT2D eigenvalue weighted by Gasteiger charge is -2.37. The molecule has 1 aromatic heterocycles. The molecule has 30 heavy (non-hydrogen) atoms. The molecular weight excluding hydrogens is 382 g/mol. The number of anilines is 1. The number of aryl methyl sites for hydroxylation is 1. The van der Waals surface area contributed by atoms with Gasteiger partial charge in [-0.1, -0.05) is 0 Å². The zero-order valence-corrected chi connectivity index (χ0v) is 17.7. The van der Waals surface area contributed by atoms with Crippen LogP contribution in [0.25, 0.3) is 11.3 Å². The van der Waals surface area contributed by atoms with Crippen molar-refractivity contribution in [2.45, 2.75) is 26.3 Å². The first-order valence-electron chi connectivity index (χ1n) is 10.3. The number of ether oxygens (including phenoxy) is 1. The lowest BCUT2D eigenvalue weighted by Crippen LogP contribution is -2.52. The third kappa shape index (κ3) is 3.87. The quantitative estimate of drug-likeness (QED) is 0.696. The van der Waals surface area contributed by atoms with Gasteiger partial charge in [0.15, 0.2) is 0 Å². The molecule has 2 aliphatic heterocycles. The lowest BCUT2D eigenvalue weighted by molar-refractivity contribution is -0.139. The van der Waals surface area contributed by atoms with Gasteiger partial charge in [-0.3, -0.25) is 19.4 Å². The van der Waals surface area contributed by atoms with Gasteiger partial charge in [-0.25, -0.2) is 9.97 Å². The van der Waals surface area contributed by atoms with Crippen molar-refractivity contribution in [2.75, 3.05) is 44.7 Å². The predicted octanol–water partition coefficient (Wildman–Crippen LogP) is 1.73. The van der Waals surface area contributed by atoms with Crippen LogP contribution >= 0.6 is 0 Å². The van der Waals surface area contributed by atoms with Gasteiger partial charge in [-0.2, -0.15) is 0 Å². The summed E-state index contributed by atoms with van der Waals surface area (Å²) in [6.45, 7) is 7.14. The first-order chi connectivity index (χ1) is 14.5. The van der Waals surface area contributed by atoms with Crippen LogP contribution in [0.15, 0.2) is 30.3 Å². The maximum absolute atomic E-state index is 12.5. The van der Waals surface area contributed by atoms with Crippen LogP contribution in [0, 0.1) is 6.92 Å². The van der Waals surface area contributed by atoms with E-state index < -0.39 is 0 Å². The minimum absolute atomic E-state index is 0.0596. The Morgan fingerprint density at radius 1 is 1.07 bits per heavy atom. The Morgan fingerprint density at radius 2 is 1.77 bits per heavy atom. The van der Waals surface area contributed by atoms with E-state index in [2.05, 4.69) is 19.8 Å². The van der Waals surface area contributed by atoms with Crippen molar-refractivity contribution in [3.63, 3.8) is 0 Å². The second kappa shape index (κ2) is 8.39. The maximum atomic E-state index is 12.5. The Labute approximate surface area is 176 Å². The minimum atomic E-state index is -0.318. The molecule has 0 spiro atoms. The number of likely N-dealkylation sites (N-methyl/N-ethyl adjacent to an activating group) is 1. The summed E-state index contributed by atoms with van der Waals surface area (Å²) < 4.78 is 5.23. The number of methoxy groups -OCH3 is 1. The average molecular weight is 409 g/mol. The fourth-order valence-electron chi connectivity index (χ4n) is 4.17. The fraction of sp³-hybridized carbons (Fsp3) is 0.455. The highest BCUT2D eigenvalue weighted by molar-refractivity contribution is 6.05. The molecule has 2 aliphatic rings. The SMILES string of the molecule is CCN1C(=O)C[C@@H](N2CCN(c3cc(-c4ccc(OC)cc4)nc(C)n3)CC2)C1=O. The average Bonchev–Trinajstić information content (AvgIpc) is 3.06. The number of rotatable bonds is 5. The van der Waals surface area contributed by atoms with Crippen molar-refractivity contribution in [1.82, 2.24) is 19.8 Å². The number of benzene rings is 1. The Morgan fingerprint density at radius 3 is 2.37 bits per heavy atom. The highest BCUT2D eigenvalue weighted by atomic mass is 16.5. The smallest absolute Gasteiger partial charge is 0.247 e. The summed E-state index contributed by atoms with van der Waals surface area (Å²) in [6, 6.07) is 9.51. The van der Waals surface area contributed by atoms with Crippen LogP contribution in [0.3, 0.4) is 0 Å². The number of carbonyl (C=O) groups excluding carboxylic acids is 2. The van der Waals surface area contributed by atoms with Gasteiger partial charge in [0.05, 0.1) is 25.3 Å². The third-order valence-electron chi connectivity index (χ3n) is 5.83. The normalized spacial score (nSPS) is 20.2. The number of imide groups is 1. The van der Waals surface area contributed by atoms with E-state index in [1.54, 1.807) is 7.11 Å². The largest absolute Gasteiger partial charge is 0.497 e. The van der Waals surface area contributed by atoms with Gasteiger partial charge in [0.1, 0.15) is 17.4 Å². The summed E-state index contributed by atoms with van der Waals surface area (Å²) in [5.41, 5.74) is 1.88. The Hall–Kier alpha value is -3.00. The summed E-state index contributed by atoms with van der Waals surface area (Å²) in [5, 5.41) is 0. The molecule has 3 heterocycles. The molecule has 4 rings (SSSR count). The molecule has 0 saturated carbocycles. The third-order valence-corrected chi connectivity index (χ3v) is 5.83. The van der Waals surface area contributed by atoms with E-state index in [1.807, 2.05) is 44.2 Å². The van der Waals surface area contributed by atoms with E-state index in [9.17, 15) is 9.59 Å². The van der Waals surface area contributed by atoms with Gasteiger partial charge in [0.2, 0.25) is 11.8 Å². The van der Waals surface area contributed by atoms with E-state index in [-0.39, 0.29) is 17.9 Å². The fourth-order valence-corrected chi connectivity index (χ4v) is 4.17. The Bertz CT molecular complexity index is 938. The first-order valence-corrected chi connectivity index (χ1v) is 10.3. The first kappa shape index (κ1) is 20.3. The Balaban J connectivity index is 1.46. The van der Waals surface area contributed by atoms with Crippen molar-refractivity contribution < 1.29 is 14.3 Å². The molecule has 8 heteroatoms. The van der Waals surface area contributed by atoms with Gasteiger partial charge >= 0.3 is 0 Å². The van der Waals surface area contributed by atoms with Gasteiger partial charge in [-0.15, -0.1) is 0 Å². The molecule has 0 aliphatic carbocycles. The molecule has 0 bridgehead atoms. The van der Waals surface area contributed by atoms with Gasteiger partial charge in [0.25, 0.3) is 0 Å². The highest BCUT2D eigenvalue weighted by Gasteiger charge is 2.41. The molecule has 8 nitrogen and oxygen atoms in total. The lowest BCUT2D eigenvalue weighted by atomic mass is 10.1. The van der Waals surface area contributed by atoms with Crippen LogP contribution in [-0.2, 0) is 9.59 Å². The summed E-state index contributed by atoms with van der Waals surface area (Å²) in [4.78, 5) is 39.5. The van der Waals surface area contributed by atoms with Crippen molar-refractivity contribution in [2.24, 2.45) is 0 Å². The molecular formula is C22H27N5O3. The number of hydrogen-bond acceptors (Lipinski definition) is 7. The summed E-state index contributed by atoms with van der Waals surface area (Å²) in [6.07, 6.45) is 0.293. The number of amides is 2. The number of hydrogen-bond donors (Lipinski definition) is 0. The number of likely N-dealkylation sites (tertiary alicyclic amines) is 1. The van der Waals surface area contributed by atoms with Crippen molar-refractivity contribution >= 4 is 17.6 Å². The van der Waals surface area contributed by atoms with Crippen molar-refractivity contribution in [3.05, 3.63) is 36.2 Å². The van der Waals surface area contributed by atoms with Crippen molar-refractivity contribution in [1.29, 1.82) is 0 Å². The Kier molecular flexibility index (Phi) is 5.67. The van der Waals surface area contributed by atoms with Crippen LogP contribution in [0.4, 0.5) is 5.82 Å². The monoisotopic (exact) mass is 409 g/mol. The van der Waals surface area contributed by atoms with Crippen LogP contribution in [0.2, 0.25) is 0 Å². The molecule has 1 atom stereocenters. The highest BCUT2D eigenvalue weighted by Crippen LogP contribution is 2.26. The van der Waals surface area contributed by atoms with Gasteiger partial charge in [-0.05, 0) is 38.1 Å². The molecule has 1 aromatic carbocycles. The molecule has 0 radical (unpaired) electrons. The van der Waals surface area contributed by atoms with E-state index in [0.29, 0.717) is 13.0 Å². The van der Waals surface area contributed by atoms with Gasteiger partial charge in [0, 0.05) is 44.4 Å². The molecule has 2 fully saturated rings. The summed E-state index contributed by atoms with van der Waals surface area (Å²) in [7, 11) is 1.65. The molecule has 2 amide bonds. The summed E-state index contributed by atoms with van der Waals surface area (Å²) in [5.74, 6) is 2.29. The van der Waals surface area contributed by atoms with Crippen molar-refractivity contribution in [3.8, 4) is 17.0 Å². The zero-order chi connectivity index (χ0) is 21.3. The zero-order valence-electron chi connectivity index (χ0n) is 17.7. The topological polar surface area (TPSA) is 78.9 Å². The maximum Gasteiger partial charge on any atom is 0.247 e. The second-order valence-electron chi connectivity index (χ2n) is 7.61.